The fourth-order valence-corrected chi connectivity index (χ4v) is 13.4. The number of nitrogens with one attached hydrogen (secondary N) is 1. The Morgan fingerprint density at radius 3 is 2.22 bits per heavy atom. The fraction of sp³-hybridized carbons (Fsp3) is 0.800. The third-order valence-corrected chi connectivity index (χ3v) is 16.2. The highest BCUT2D eigenvalue weighted by Gasteiger charge is 2.70. The number of hydrogen-bond donors (Lipinski definition) is 4. The van der Waals surface area contributed by atoms with Gasteiger partial charge >= 0.3 is 11.9 Å². The summed E-state index contributed by atoms with van der Waals surface area (Å²) in [5.41, 5.74) is 4.00. The predicted molar refractivity (Wildman–Crippen MR) is 182 cm³/mol. The number of aliphatic carboxylic acids is 2. The summed E-state index contributed by atoms with van der Waals surface area (Å²) in [6, 6.07) is 0. The summed E-state index contributed by atoms with van der Waals surface area (Å²) in [4.78, 5) is 23.5. The van der Waals surface area contributed by atoms with E-state index in [0.717, 1.165) is 38.5 Å². The second-order valence-electron chi connectivity index (χ2n) is 18.4. The van der Waals surface area contributed by atoms with Crippen LogP contribution in [0.4, 0.5) is 0 Å². The highest BCUT2D eigenvalue weighted by Crippen LogP contribution is 2.76. The Bertz CT molecular complexity index is 1360. The first-order valence-corrected chi connectivity index (χ1v) is 18.3. The number of β-amino-alcohol motifs (C(OH)–C–C–N with tert-alkyl or cyclic N) is 1. The van der Waals surface area contributed by atoms with Crippen LogP contribution in [0.25, 0.3) is 0 Å². The SMILES string of the molecule is C=C(C)[C@@H]1CC[C@]2(NC[C@H](O)C(=O)O)CC[C@]3(C)[C@H](CC[C@@H]4[C@@]5(C)CC=C(C6=CC[C@](C)(C(=O)O)CC6)C(C)(C)[C@@H]5CC[C@]43C)[C@@H]12. The molecule has 6 nitrogen and oxygen atoms in total. The number of hydrogen-bond acceptors (Lipinski definition) is 4. The van der Waals surface area contributed by atoms with Crippen molar-refractivity contribution in [1.82, 2.24) is 5.32 Å². The van der Waals surface area contributed by atoms with Gasteiger partial charge in [0.1, 0.15) is 0 Å². The van der Waals surface area contributed by atoms with E-state index in [1.807, 2.05) is 6.92 Å². The lowest BCUT2D eigenvalue weighted by molar-refractivity contribution is -0.221. The normalized spacial score (nSPS) is 46.8. The lowest BCUT2D eigenvalue weighted by Gasteiger charge is -2.72. The van der Waals surface area contributed by atoms with Crippen LogP contribution in [0.15, 0.2) is 35.5 Å². The van der Waals surface area contributed by atoms with Gasteiger partial charge in [0.25, 0.3) is 0 Å². The quantitative estimate of drug-likeness (QED) is 0.210. The fourth-order valence-electron chi connectivity index (χ4n) is 13.4. The predicted octanol–water partition coefficient (Wildman–Crippen LogP) is 8.17. The monoisotopic (exact) mass is 635 g/mol. The highest BCUT2D eigenvalue weighted by molar-refractivity contribution is 5.75. The maximum atomic E-state index is 11.9. The second kappa shape index (κ2) is 11.1. The molecule has 0 aromatic carbocycles. The molecule has 0 aromatic rings. The molecule has 6 aliphatic rings. The van der Waals surface area contributed by atoms with Gasteiger partial charge in [-0.1, -0.05) is 58.9 Å². The minimum absolute atomic E-state index is 0.0436. The number of fused-ring (bicyclic) bond motifs is 7. The standard InChI is InChI=1S/C40H61NO5/c1-24(2)26-13-20-40(41-23-29(42)33(43)44)22-21-38(7)28(32(26)40)9-10-31-37(6)18-14-27(25-11-16-36(5,17-12-25)34(45)46)35(3,4)30(37)15-19-39(31,38)8/h11,14,26,28-32,41-42H,1,9-10,12-13,15-23H2,2-8H3,(H,43,44)(H,45,46)/t26-,28+,29-,30-,31+,32+,36-,37-,38+,39+,40-/m0/s1. The van der Waals surface area contributed by atoms with E-state index in [1.54, 1.807) is 0 Å². The Morgan fingerprint density at radius 1 is 0.891 bits per heavy atom. The van der Waals surface area contributed by atoms with Crippen LogP contribution in [0.1, 0.15) is 126 Å². The van der Waals surface area contributed by atoms with Crippen molar-refractivity contribution in [2.24, 2.45) is 56.7 Å². The molecule has 4 saturated carbocycles. The summed E-state index contributed by atoms with van der Waals surface area (Å²) in [7, 11) is 0. The van der Waals surface area contributed by atoms with Crippen molar-refractivity contribution in [3.63, 3.8) is 0 Å². The minimum Gasteiger partial charge on any atom is -0.481 e. The van der Waals surface area contributed by atoms with Gasteiger partial charge in [-0.25, -0.2) is 4.79 Å². The molecule has 4 N–H and O–H groups in total. The smallest absolute Gasteiger partial charge is 0.333 e. The first-order chi connectivity index (χ1) is 21.4. The number of carboxylic acids is 2. The van der Waals surface area contributed by atoms with Gasteiger partial charge in [0.05, 0.1) is 5.41 Å². The Kier molecular flexibility index (Phi) is 8.16. The molecule has 6 heteroatoms. The minimum atomic E-state index is -1.38. The van der Waals surface area contributed by atoms with Gasteiger partial charge in [-0.05, 0) is 153 Å². The van der Waals surface area contributed by atoms with Gasteiger partial charge < -0.3 is 20.6 Å². The number of carboxylic acid groups (broad SMARTS) is 2. The molecule has 0 saturated heterocycles. The molecule has 0 spiro atoms. The second-order valence-corrected chi connectivity index (χ2v) is 18.4. The lowest BCUT2D eigenvalue weighted by atomic mass is 9.33. The van der Waals surface area contributed by atoms with Crippen LogP contribution >= 0.6 is 0 Å². The largest absolute Gasteiger partial charge is 0.481 e. The van der Waals surface area contributed by atoms with Gasteiger partial charge in [0.2, 0.25) is 0 Å². The first kappa shape index (κ1) is 34.0. The molecule has 0 heterocycles. The third kappa shape index (κ3) is 4.69. The molecule has 6 aliphatic carbocycles. The van der Waals surface area contributed by atoms with E-state index in [2.05, 4.69) is 65.6 Å². The maximum absolute atomic E-state index is 11.9. The summed E-state index contributed by atoms with van der Waals surface area (Å²) in [6.07, 6.45) is 15.9. The molecule has 0 radical (unpaired) electrons. The Morgan fingerprint density at radius 2 is 1.61 bits per heavy atom. The first-order valence-electron chi connectivity index (χ1n) is 18.3. The van der Waals surface area contributed by atoms with Gasteiger partial charge in [0, 0.05) is 12.1 Å². The zero-order valence-corrected chi connectivity index (χ0v) is 29.7. The van der Waals surface area contributed by atoms with Gasteiger partial charge in [-0.2, -0.15) is 0 Å². The van der Waals surface area contributed by atoms with E-state index in [4.69, 9.17) is 0 Å². The molecule has 4 fully saturated rings. The van der Waals surface area contributed by atoms with Gasteiger partial charge in [-0.3, -0.25) is 4.79 Å². The Balaban J connectivity index is 1.31. The summed E-state index contributed by atoms with van der Waals surface area (Å²) in [6.45, 7) is 21.5. The average Bonchev–Trinajstić information content (AvgIpc) is 3.37. The van der Waals surface area contributed by atoms with Crippen LogP contribution < -0.4 is 5.32 Å². The maximum Gasteiger partial charge on any atom is 0.333 e. The molecular formula is C40H61NO5. The topological polar surface area (TPSA) is 107 Å². The molecule has 11 atom stereocenters. The molecule has 0 aliphatic heterocycles. The lowest BCUT2D eigenvalue weighted by Crippen LogP contribution is -2.68. The van der Waals surface area contributed by atoms with E-state index < -0.39 is 23.5 Å². The third-order valence-electron chi connectivity index (χ3n) is 16.2. The van der Waals surface area contributed by atoms with E-state index in [9.17, 15) is 24.9 Å². The van der Waals surface area contributed by atoms with Crippen molar-refractivity contribution < 1.29 is 24.9 Å². The number of rotatable bonds is 7. The van der Waals surface area contributed by atoms with E-state index in [0.29, 0.717) is 42.4 Å². The molecule has 0 aromatic heterocycles. The number of aliphatic hydroxyl groups is 1. The summed E-state index contributed by atoms with van der Waals surface area (Å²) < 4.78 is 0. The molecule has 6 rings (SSSR count). The van der Waals surface area contributed by atoms with Crippen molar-refractivity contribution in [2.75, 3.05) is 6.54 Å². The summed E-state index contributed by atoms with van der Waals surface area (Å²) in [5.74, 6) is 0.771. The molecule has 0 amide bonds. The van der Waals surface area contributed by atoms with Crippen molar-refractivity contribution in [3.8, 4) is 0 Å². The highest BCUT2D eigenvalue weighted by atomic mass is 16.4. The van der Waals surface area contributed by atoms with Crippen LogP contribution in [-0.4, -0.2) is 45.4 Å². The number of allylic oxidation sites excluding steroid dienone is 5. The number of aliphatic hydroxyl groups excluding tert-OH is 1. The summed E-state index contributed by atoms with van der Waals surface area (Å²) >= 11 is 0. The van der Waals surface area contributed by atoms with Crippen LogP contribution in [0.3, 0.4) is 0 Å². The van der Waals surface area contributed by atoms with Crippen LogP contribution in [-0.2, 0) is 9.59 Å². The zero-order chi connectivity index (χ0) is 33.7. The van der Waals surface area contributed by atoms with E-state index >= 15 is 0 Å². The van der Waals surface area contributed by atoms with Crippen LogP contribution in [0.5, 0.6) is 0 Å². The average molecular weight is 636 g/mol. The summed E-state index contributed by atoms with van der Waals surface area (Å²) in [5, 5.41) is 33.2. The zero-order valence-electron chi connectivity index (χ0n) is 29.7. The van der Waals surface area contributed by atoms with Gasteiger partial charge in [-0.15, -0.1) is 0 Å². The molecule has 0 bridgehead atoms. The van der Waals surface area contributed by atoms with E-state index in [-0.39, 0.29) is 33.7 Å². The molecule has 46 heavy (non-hydrogen) atoms. The molecule has 0 unspecified atom stereocenters. The Hall–Kier alpha value is -1.92. The van der Waals surface area contributed by atoms with E-state index in [1.165, 1.54) is 42.4 Å². The van der Waals surface area contributed by atoms with Crippen molar-refractivity contribution >= 4 is 11.9 Å². The molecular weight excluding hydrogens is 574 g/mol. The van der Waals surface area contributed by atoms with Gasteiger partial charge in [0.15, 0.2) is 6.10 Å². The van der Waals surface area contributed by atoms with Crippen LogP contribution in [0.2, 0.25) is 0 Å². The Labute approximate surface area is 277 Å². The molecule has 256 valence electrons. The van der Waals surface area contributed by atoms with Crippen molar-refractivity contribution in [2.45, 2.75) is 137 Å². The van der Waals surface area contributed by atoms with Crippen LogP contribution in [0, 0.1) is 56.7 Å². The number of carbonyl (C=O) groups is 2. The van der Waals surface area contributed by atoms with Crippen molar-refractivity contribution in [1.29, 1.82) is 0 Å². The van der Waals surface area contributed by atoms with Crippen molar-refractivity contribution in [3.05, 3.63) is 35.5 Å².